The zero-order valence-corrected chi connectivity index (χ0v) is 11.2. The van der Waals surface area contributed by atoms with Crippen molar-refractivity contribution in [1.29, 1.82) is 0 Å². The van der Waals surface area contributed by atoms with E-state index >= 15 is 0 Å². The first-order chi connectivity index (χ1) is 10.2. The van der Waals surface area contributed by atoms with Gasteiger partial charge in [0.1, 0.15) is 11.8 Å². The van der Waals surface area contributed by atoms with Gasteiger partial charge in [-0.05, 0) is 0 Å². The van der Waals surface area contributed by atoms with Gasteiger partial charge in [0.15, 0.2) is 11.5 Å². The number of rotatable bonds is 3. The molecule has 2 aromatic heterocycles. The summed E-state index contributed by atoms with van der Waals surface area (Å²) in [5.41, 5.74) is 5.97. The Hall–Kier alpha value is -2.43. The first-order valence-electron chi connectivity index (χ1n) is 6.48. The molecule has 0 aromatic carbocycles. The molecule has 0 spiro atoms. The molecule has 0 aliphatic heterocycles. The van der Waals surface area contributed by atoms with Gasteiger partial charge in [0.2, 0.25) is 0 Å². The maximum absolute atomic E-state index is 9.72. The zero-order valence-electron chi connectivity index (χ0n) is 11.2. The third kappa shape index (κ3) is 1.81. The van der Waals surface area contributed by atoms with Crippen molar-refractivity contribution in [1.82, 2.24) is 19.5 Å². The number of anilines is 1. The quantitative estimate of drug-likeness (QED) is 0.529. The third-order valence-corrected chi connectivity index (χ3v) is 4.10. The van der Waals surface area contributed by atoms with Crippen LogP contribution in [0.4, 0.5) is 5.82 Å². The molecule has 3 rings (SSSR count). The van der Waals surface area contributed by atoms with Crippen LogP contribution in [-0.4, -0.2) is 42.9 Å². The second-order valence-electron chi connectivity index (χ2n) is 5.06. The fourth-order valence-electron chi connectivity index (χ4n) is 2.85. The molecule has 0 fully saturated rings. The average molecular weight is 285 g/mol. The van der Waals surface area contributed by atoms with Crippen molar-refractivity contribution in [3.8, 4) is 12.3 Å². The highest BCUT2D eigenvalue weighted by atomic mass is 16.3. The number of nitrogen functional groups attached to an aromatic ring is 1. The summed E-state index contributed by atoms with van der Waals surface area (Å²) < 4.78 is 1.79. The second-order valence-corrected chi connectivity index (χ2v) is 5.06. The van der Waals surface area contributed by atoms with Crippen LogP contribution in [0.25, 0.3) is 11.2 Å². The summed E-state index contributed by atoms with van der Waals surface area (Å²) in [6.07, 6.45) is 12.1. The van der Waals surface area contributed by atoms with Crippen LogP contribution in [0.2, 0.25) is 0 Å². The Morgan fingerprint density at radius 2 is 2.19 bits per heavy atom. The van der Waals surface area contributed by atoms with Crippen LogP contribution in [0.3, 0.4) is 0 Å². The number of imidazole rings is 1. The third-order valence-electron chi connectivity index (χ3n) is 4.10. The zero-order chi connectivity index (χ0) is 15.0. The van der Waals surface area contributed by atoms with Crippen LogP contribution >= 0.6 is 0 Å². The number of allylic oxidation sites excluding steroid dienone is 1. The summed E-state index contributed by atoms with van der Waals surface area (Å²) in [6, 6.07) is -0.252. The van der Waals surface area contributed by atoms with Crippen molar-refractivity contribution in [2.45, 2.75) is 6.04 Å². The minimum Gasteiger partial charge on any atom is -0.396 e. The number of nitrogens with two attached hydrogens (primary N) is 1. The lowest BCUT2D eigenvalue weighted by Gasteiger charge is -2.30. The maximum atomic E-state index is 9.72. The molecular formula is C14H15N5O2. The Morgan fingerprint density at radius 1 is 1.38 bits per heavy atom. The molecule has 0 bridgehead atoms. The Morgan fingerprint density at radius 3 is 2.86 bits per heavy atom. The van der Waals surface area contributed by atoms with Crippen molar-refractivity contribution < 1.29 is 10.2 Å². The van der Waals surface area contributed by atoms with Crippen molar-refractivity contribution in [2.75, 3.05) is 18.9 Å². The van der Waals surface area contributed by atoms with E-state index in [-0.39, 0.29) is 25.2 Å². The van der Waals surface area contributed by atoms with Crippen molar-refractivity contribution >= 4 is 17.0 Å². The molecule has 0 saturated carbocycles. The standard InChI is InChI=1S/C14H15N5O2/c1-2-14(6-21)4-3-10(9(14)5-20)19-8-18-11-12(15)16-7-17-13(11)19/h1,3-4,7-10,20-21H,5-6H2,(H2,15,16,17)/t9-,10+,14+/m0/s1. The molecule has 2 aromatic rings. The highest BCUT2D eigenvalue weighted by Gasteiger charge is 2.44. The molecule has 0 amide bonds. The Kier molecular flexibility index (Phi) is 3.12. The summed E-state index contributed by atoms with van der Waals surface area (Å²) in [5.74, 6) is 2.53. The maximum Gasteiger partial charge on any atom is 0.165 e. The average Bonchev–Trinajstić information content (AvgIpc) is 3.08. The summed E-state index contributed by atoms with van der Waals surface area (Å²) in [6.45, 7) is -0.395. The Balaban J connectivity index is 2.10. The first kappa shape index (κ1) is 13.5. The van der Waals surface area contributed by atoms with Crippen LogP contribution in [0.5, 0.6) is 0 Å². The number of aromatic nitrogens is 4. The number of fused-ring (bicyclic) bond motifs is 1. The number of hydrogen-bond acceptors (Lipinski definition) is 6. The predicted molar refractivity (Wildman–Crippen MR) is 76.8 cm³/mol. The van der Waals surface area contributed by atoms with Gasteiger partial charge in [0.25, 0.3) is 0 Å². The van der Waals surface area contributed by atoms with E-state index in [4.69, 9.17) is 12.2 Å². The number of nitrogens with zero attached hydrogens (tertiary/aromatic N) is 4. The van der Waals surface area contributed by atoms with Gasteiger partial charge in [-0.3, -0.25) is 0 Å². The molecule has 0 radical (unpaired) electrons. The van der Waals surface area contributed by atoms with E-state index in [0.717, 1.165) is 0 Å². The van der Waals surface area contributed by atoms with Crippen LogP contribution < -0.4 is 5.73 Å². The monoisotopic (exact) mass is 285 g/mol. The van der Waals surface area contributed by atoms with Crippen molar-refractivity contribution in [3.63, 3.8) is 0 Å². The van der Waals surface area contributed by atoms with Gasteiger partial charge in [-0.15, -0.1) is 6.42 Å². The fourth-order valence-corrected chi connectivity index (χ4v) is 2.85. The van der Waals surface area contributed by atoms with Gasteiger partial charge in [-0.1, -0.05) is 18.1 Å². The number of hydrogen-bond donors (Lipinski definition) is 3. The molecule has 0 unspecified atom stereocenters. The molecular weight excluding hydrogens is 270 g/mol. The normalized spacial score (nSPS) is 28.0. The predicted octanol–water partition coefficient (Wildman–Crippen LogP) is -0.260. The molecule has 21 heavy (non-hydrogen) atoms. The van der Waals surface area contributed by atoms with Crippen LogP contribution in [0.15, 0.2) is 24.8 Å². The van der Waals surface area contributed by atoms with E-state index in [0.29, 0.717) is 17.0 Å². The minimum atomic E-state index is -0.880. The van der Waals surface area contributed by atoms with Gasteiger partial charge in [0.05, 0.1) is 31.0 Å². The van der Waals surface area contributed by atoms with Crippen LogP contribution in [-0.2, 0) is 0 Å². The Labute approximate surface area is 121 Å². The number of aliphatic hydroxyl groups excluding tert-OH is 2. The molecule has 108 valence electrons. The smallest absolute Gasteiger partial charge is 0.165 e. The molecule has 4 N–H and O–H groups in total. The first-order valence-corrected chi connectivity index (χ1v) is 6.48. The highest BCUT2D eigenvalue weighted by Crippen LogP contribution is 2.44. The lowest BCUT2D eigenvalue weighted by molar-refractivity contribution is 0.0950. The SMILES string of the molecule is C#C[C@]1(CO)C=C[C@@H](n2cnc3c(N)ncnc32)[C@@H]1CO. The van der Waals surface area contributed by atoms with Gasteiger partial charge in [0, 0.05) is 5.92 Å². The lowest BCUT2D eigenvalue weighted by Crippen LogP contribution is -2.34. The molecule has 1 aliphatic carbocycles. The van der Waals surface area contributed by atoms with E-state index < -0.39 is 5.41 Å². The van der Waals surface area contributed by atoms with E-state index in [2.05, 4.69) is 20.9 Å². The number of terminal acetylenes is 1. The van der Waals surface area contributed by atoms with E-state index in [1.54, 1.807) is 17.0 Å². The molecule has 7 nitrogen and oxygen atoms in total. The van der Waals surface area contributed by atoms with Gasteiger partial charge in [-0.25, -0.2) is 15.0 Å². The van der Waals surface area contributed by atoms with E-state index in [1.165, 1.54) is 6.33 Å². The summed E-state index contributed by atoms with van der Waals surface area (Å²) in [4.78, 5) is 12.3. The molecule has 2 heterocycles. The van der Waals surface area contributed by atoms with Gasteiger partial charge >= 0.3 is 0 Å². The lowest BCUT2D eigenvalue weighted by atomic mass is 9.78. The molecule has 1 aliphatic rings. The van der Waals surface area contributed by atoms with E-state index in [9.17, 15) is 10.2 Å². The van der Waals surface area contributed by atoms with Gasteiger partial charge in [-0.2, -0.15) is 0 Å². The van der Waals surface area contributed by atoms with Crippen molar-refractivity contribution in [2.24, 2.45) is 11.3 Å². The van der Waals surface area contributed by atoms with Gasteiger partial charge < -0.3 is 20.5 Å². The fraction of sp³-hybridized carbons (Fsp3) is 0.357. The summed E-state index contributed by atoms with van der Waals surface area (Å²) in [5, 5.41) is 19.3. The van der Waals surface area contributed by atoms with Crippen LogP contribution in [0.1, 0.15) is 6.04 Å². The highest BCUT2D eigenvalue weighted by molar-refractivity contribution is 5.81. The molecule has 0 saturated heterocycles. The Bertz CT molecular complexity index is 747. The van der Waals surface area contributed by atoms with E-state index in [1.807, 2.05) is 6.08 Å². The van der Waals surface area contributed by atoms with Crippen molar-refractivity contribution in [3.05, 3.63) is 24.8 Å². The number of aliphatic hydroxyl groups is 2. The molecule has 3 atom stereocenters. The topological polar surface area (TPSA) is 110 Å². The summed E-state index contributed by atoms with van der Waals surface area (Å²) in [7, 11) is 0. The molecule has 7 heteroatoms. The second kappa shape index (κ2) is 4.84. The summed E-state index contributed by atoms with van der Waals surface area (Å²) >= 11 is 0. The minimum absolute atomic E-state index is 0.164. The van der Waals surface area contributed by atoms with Crippen LogP contribution in [0, 0.1) is 23.7 Å². The largest absolute Gasteiger partial charge is 0.396 e.